The number of nitrogens with one attached hydrogen (secondary N) is 1. The number of benzene rings is 1. The number of primary amides is 1. The van der Waals surface area contributed by atoms with Gasteiger partial charge in [0.1, 0.15) is 12.4 Å². The molecule has 4 nitrogen and oxygen atoms in total. The molecular formula is C10H13BrN2O2. The van der Waals surface area contributed by atoms with E-state index >= 15 is 0 Å². The lowest BCUT2D eigenvalue weighted by molar-refractivity contribution is 0.0996. The lowest BCUT2D eigenvalue weighted by atomic mass is 10.2. The van der Waals surface area contributed by atoms with Crippen molar-refractivity contribution in [1.29, 1.82) is 0 Å². The SMILES string of the molecule is CNCCOc1ccc(Br)cc1C(N)=O. The van der Waals surface area contributed by atoms with Crippen LogP contribution in [-0.4, -0.2) is 26.1 Å². The van der Waals surface area contributed by atoms with Crippen molar-refractivity contribution in [3.8, 4) is 5.75 Å². The van der Waals surface area contributed by atoms with Crippen molar-refractivity contribution >= 4 is 21.8 Å². The van der Waals surface area contributed by atoms with Crippen molar-refractivity contribution in [2.24, 2.45) is 5.73 Å². The molecule has 1 amide bonds. The van der Waals surface area contributed by atoms with Crippen LogP contribution < -0.4 is 15.8 Å². The third-order valence-electron chi connectivity index (χ3n) is 1.82. The highest BCUT2D eigenvalue weighted by Crippen LogP contribution is 2.22. The smallest absolute Gasteiger partial charge is 0.252 e. The van der Waals surface area contributed by atoms with Gasteiger partial charge < -0.3 is 15.8 Å². The van der Waals surface area contributed by atoms with E-state index in [9.17, 15) is 4.79 Å². The highest BCUT2D eigenvalue weighted by atomic mass is 79.9. The van der Waals surface area contributed by atoms with Gasteiger partial charge in [-0.2, -0.15) is 0 Å². The van der Waals surface area contributed by atoms with Crippen LogP contribution in [0.2, 0.25) is 0 Å². The molecule has 0 bridgehead atoms. The molecule has 0 fully saturated rings. The fourth-order valence-electron chi connectivity index (χ4n) is 1.08. The highest BCUT2D eigenvalue weighted by Gasteiger charge is 2.09. The summed E-state index contributed by atoms with van der Waals surface area (Å²) in [6.45, 7) is 1.21. The average Bonchev–Trinajstić information content (AvgIpc) is 2.20. The summed E-state index contributed by atoms with van der Waals surface area (Å²) < 4.78 is 6.21. The number of carbonyl (C=O) groups is 1. The van der Waals surface area contributed by atoms with Crippen molar-refractivity contribution in [2.75, 3.05) is 20.2 Å². The summed E-state index contributed by atoms with van der Waals surface area (Å²) in [7, 11) is 1.83. The summed E-state index contributed by atoms with van der Waals surface area (Å²) >= 11 is 3.27. The van der Waals surface area contributed by atoms with Crippen LogP contribution in [0.4, 0.5) is 0 Å². The molecule has 0 unspecified atom stereocenters. The van der Waals surface area contributed by atoms with Gasteiger partial charge >= 0.3 is 0 Å². The molecular weight excluding hydrogens is 260 g/mol. The van der Waals surface area contributed by atoms with Crippen molar-refractivity contribution < 1.29 is 9.53 Å². The zero-order valence-corrected chi connectivity index (χ0v) is 10.0. The number of nitrogens with two attached hydrogens (primary N) is 1. The average molecular weight is 273 g/mol. The van der Waals surface area contributed by atoms with E-state index in [0.717, 1.165) is 4.47 Å². The standard InChI is InChI=1S/C10H13BrN2O2/c1-13-4-5-15-9-3-2-7(11)6-8(9)10(12)14/h2-3,6,13H,4-5H2,1H3,(H2,12,14). The van der Waals surface area contributed by atoms with E-state index < -0.39 is 5.91 Å². The molecule has 0 saturated heterocycles. The van der Waals surface area contributed by atoms with Crippen LogP contribution in [-0.2, 0) is 0 Å². The molecule has 0 spiro atoms. The van der Waals surface area contributed by atoms with E-state index in [1.165, 1.54) is 0 Å². The van der Waals surface area contributed by atoms with Crippen molar-refractivity contribution in [1.82, 2.24) is 5.32 Å². The number of amides is 1. The van der Waals surface area contributed by atoms with Crippen molar-refractivity contribution in [3.05, 3.63) is 28.2 Å². The molecule has 3 N–H and O–H groups in total. The summed E-state index contributed by atoms with van der Waals surface area (Å²) in [6, 6.07) is 5.18. The minimum Gasteiger partial charge on any atom is -0.491 e. The van der Waals surface area contributed by atoms with Crippen LogP contribution >= 0.6 is 15.9 Å². The number of hydrogen-bond acceptors (Lipinski definition) is 3. The number of rotatable bonds is 5. The molecule has 0 heterocycles. The van der Waals surface area contributed by atoms with Gasteiger partial charge in [0.15, 0.2) is 0 Å². The van der Waals surface area contributed by atoms with E-state index in [0.29, 0.717) is 24.5 Å². The van der Waals surface area contributed by atoms with Gasteiger partial charge in [-0.05, 0) is 25.2 Å². The molecule has 1 aromatic carbocycles. The summed E-state index contributed by atoms with van der Waals surface area (Å²) in [5.74, 6) is 0.0247. The molecule has 0 aliphatic heterocycles. The third kappa shape index (κ3) is 3.53. The summed E-state index contributed by atoms with van der Waals surface area (Å²) in [5, 5.41) is 2.95. The van der Waals surface area contributed by atoms with E-state index in [-0.39, 0.29) is 0 Å². The first-order chi connectivity index (χ1) is 7.15. The van der Waals surface area contributed by atoms with Crippen LogP contribution in [0.1, 0.15) is 10.4 Å². The molecule has 1 aromatic rings. The molecule has 0 saturated carbocycles. The largest absolute Gasteiger partial charge is 0.491 e. The first kappa shape index (κ1) is 12.0. The Kier molecular flexibility index (Phi) is 4.58. The van der Waals surface area contributed by atoms with Gasteiger partial charge in [-0.3, -0.25) is 4.79 Å². The van der Waals surface area contributed by atoms with Crippen molar-refractivity contribution in [2.45, 2.75) is 0 Å². The Balaban J connectivity index is 2.81. The van der Waals surface area contributed by atoms with E-state index in [2.05, 4.69) is 21.2 Å². The maximum Gasteiger partial charge on any atom is 0.252 e. The quantitative estimate of drug-likeness (QED) is 0.791. The minimum absolute atomic E-state index is 0.389. The van der Waals surface area contributed by atoms with Crippen LogP contribution in [0, 0.1) is 0 Å². The third-order valence-corrected chi connectivity index (χ3v) is 2.31. The Morgan fingerprint density at radius 3 is 2.93 bits per heavy atom. The van der Waals surface area contributed by atoms with Gasteiger partial charge in [-0.15, -0.1) is 0 Å². The Hall–Kier alpha value is -1.07. The fraction of sp³-hybridized carbons (Fsp3) is 0.300. The Bertz CT molecular complexity index is 355. The van der Waals surface area contributed by atoms with E-state index in [1.807, 2.05) is 7.05 Å². The lowest BCUT2D eigenvalue weighted by Crippen LogP contribution is -2.18. The number of carbonyl (C=O) groups excluding carboxylic acids is 1. The Morgan fingerprint density at radius 2 is 2.33 bits per heavy atom. The van der Waals surface area contributed by atoms with Crippen LogP contribution in [0.15, 0.2) is 22.7 Å². The first-order valence-electron chi connectivity index (χ1n) is 4.52. The zero-order chi connectivity index (χ0) is 11.3. The maximum atomic E-state index is 11.1. The second kappa shape index (κ2) is 5.72. The molecule has 1 rings (SSSR count). The number of ether oxygens (including phenoxy) is 1. The van der Waals surface area contributed by atoms with E-state index in [4.69, 9.17) is 10.5 Å². The molecule has 0 radical (unpaired) electrons. The molecule has 5 heteroatoms. The molecule has 0 aromatic heterocycles. The van der Waals surface area contributed by atoms with Crippen LogP contribution in [0.25, 0.3) is 0 Å². The monoisotopic (exact) mass is 272 g/mol. The Labute approximate surface area is 96.9 Å². The highest BCUT2D eigenvalue weighted by molar-refractivity contribution is 9.10. The predicted octanol–water partition coefficient (Wildman–Crippen LogP) is 1.15. The summed E-state index contributed by atoms with van der Waals surface area (Å²) in [4.78, 5) is 11.1. The van der Waals surface area contributed by atoms with Crippen LogP contribution in [0.3, 0.4) is 0 Å². The molecule has 0 atom stereocenters. The first-order valence-corrected chi connectivity index (χ1v) is 5.31. The Morgan fingerprint density at radius 1 is 1.60 bits per heavy atom. The van der Waals surface area contributed by atoms with Crippen molar-refractivity contribution in [3.63, 3.8) is 0 Å². The predicted molar refractivity (Wildman–Crippen MR) is 62.1 cm³/mol. The van der Waals surface area contributed by atoms with Gasteiger partial charge in [0.05, 0.1) is 5.56 Å². The zero-order valence-electron chi connectivity index (χ0n) is 8.42. The maximum absolute atomic E-state index is 11.1. The summed E-state index contributed by atoms with van der Waals surface area (Å²) in [6.07, 6.45) is 0. The fourth-order valence-corrected chi connectivity index (χ4v) is 1.44. The molecule has 82 valence electrons. The van der Waals surface area contributed by atoms with Gasteiger partial charge in [-0.1, -0.05) is 15.9 Å². The van der Waals surface area contributed by atoms with Gasteiger partial charge in [0.25, 0.3) is 5.91 Å². The van der Waals surface area contributed by atoms with Crippen LogP contribution in [0.5, 0.6) is 5.75 Å². The summed E-state index contributed by atoms with van der Waals surface area (Å²) in [5.41, 5.74) is 5.62. The molecule has 0 aliphatic carbocycles. The minimum atomic E-state index is -0.490. The second-order valence-electron chi connectivity index (χ2n) is 2.96. The number of likely N-dealkylation sites (N-methyl/N-ethyl adjacent to an activating group) is 1. The lowest BCUT2D eigenvalue weighted by Gasteiger charge is -2.09. The van der Waals surface area contributed by atoms with Gasteiger partial charge in [0, 0.05) is 11.0 Å². The number of hydrogen-bond donors (Lipinski definition) is 2. The van der Waals surface area contributed by atoms with Gasteiger partial charge in [-0.25, -0.2) is 0 Å². The molecule has 0 aliphatic rings. The number of halogens is 1. The normalized spacial score (nSPS) is 10.0. The second-order valence-corrected chi connectivity index (χ2v) is 3.87. The topological polar surface area (TPSA) is 64.3 Å². The molecule has 15 heavy (non-hydrogen) atoms. The van der Waals surface area contributed by atoms with Gasteiger partial charge in [0.2, 0.25) is 0 Å². The van der Waals surface area contributed by atoms with E-state index in [1.54, 1.807) is 18.2 Å².